The van der Waals surface area contributed by atoms with Crippen molar-refractivity contribution in [1.29, 1.82) is 0 Å². The van der Waals surface area contributed by atoms with Crippen molar-refractivity contribution >= 4 is 29.4 Å². The molecule has 3 aromatic carbocycles. The van der Waals surface area contributed by atoms with Crippen LogP contribution < -0.4 is 19.1 Å². The number of carbonyl (C=O) groups is 2. The minimum Gasteiger partial charge on any atom is -0.497 e. The summed E-state index contributed by atoms with van der Waals surface area (Å²) >= 11 is 1.50. The molecule has 2 aliphatic heterocycles. The summed E-state index contributed by atoms with van der Waals surface area (Å²) in [7, 11) is 4.90. The Morgan fingerprint density at radius 2 is 1.60 bits per heavy atom. The molecule has 6 rings (SSSR count). The number of hydrogen-bond donors (Lipinski definition) is 0. The van der Waals surface area contributed by atoms with Crippen molar-refractivity contribution in [2.24, 2.45) is 5.92 Å². The number of benzene rings is 3. The zero-order valence-corrected chi connectivity index (χ0v) is 26.9. The van der Waals surface area contributed by atoms with Gasteiger partial charge < -0.3 is 19.1 Å². The van der Waals surface area contributed by atoms with Crippen molar-refractivity contribution in [3.05, 3.63) is 83.9 Å². The van der Waals surface area contributed by atoms with Gasteiger partial charge in [-0.3, -0.25) is 14.5 Å². The molecule has 1 aromatic heterocycles. The lowest BCUT2D eigenvalue weighted by Crippen LogP contribution is -2.46. The average Bonchev–Trinajstić information content (AvgIpc) is 3.41. The van der Waals surface area contributed by atoms with E-state index in [1.165, 1.54) is 11.8 Å². The summed E-state index contributed by atoms with van der Waals surface area (Å²) in [5, 5.41) is 4.83. The van der Waals surface area contributed by atoms with Gasteiger partial charge in [0, 0.05) is 29.8 Å². The molecule has 1 fully saturated rings. The van der Waals surface area contributed by atoms with Gasteiger partial charge in [-0.25, -0.2) is 4.68 Å². The highest BCUT2D eigenvalue weighted by atomic mass is 32.2. The number of likely N-dealkylation sites (tertiary alicyclic amines) is 1. The van der Waals surface area contributed by atoms with Gasteiger partial charge in [0.1, 0.15) is 29.6 Å². The third kappa shape index (κ3) is 6.11. The number of carbonyl (C=O) groups excluding carboxylic acids is 2. The molecule has 1 unspecified atom stereocenters. The molecule has 0 bridgehead atoms. The SMILES string of the molecule is COc1ccc(-n2nc(-c3ccccc3)c3c2N(CC(=O)N2CCC(C)CC2)C(=O)CSC3c2cc(OC)ccc2OC)cc1. The van der Waals surface area contributed by atoms with Crippen molar-refractivity contribution in [2.45, 2.75) is 25.0 Å². The summed E-state index contributed by atoms with van der Waals surface area (Å²) in [6.07, 6.45) is 1.92. The molecular weight excluding hydrogens is 588 g/mol. The Morgan fingerprint density at radius 3 is 2.27 bits per heavy atom. The fraction of sp³-hybridized carbons (Fsp3) is 0.343. The van der Waals surface area contributed by atoms with E-state index in [1.54, 1.807) is 30.9 Å². The van der Waals surface area contributed by atoms with Gasteiger partial charge in [0.2, 0.25) is 11.8 Å². The van der Waals surface area contributed by atoms with Gasteiger partial charge in [0.25, 0.3) is 0 Å². The van der Waals surface area contributed by atoms with Crippen LogP contribution in [-0.4, -0.2) is 73.2 Å². The molecular formula is C35H38N4O5S. The molecule has 1 saturated heterocycles. The van der Waals surface area contributed by atoms with Crippen LogP contribution in [0.25, 0.3) is 16.9 Å². The number of rotatable bonds is 8. The number of fused-ring (bicyclic) bond motifs is 1. The van der Waals surface area contributed by atoms with Gasteiger partial charge >= 0.3 is 0 Å². The van der Waals surface area contributed by atoms with E-state index in [4.69, 9.17) is 19.3 Å². The molecule has 0 aliphatic carbocycles. The third-order valence-electron chi connectivity index (χ3n) is 8.60. The van der Waals surface area contributed by atoms with E-state index in [0.29, 0.717) is 42.1 Å². The lowest BCUT2D eigenvalue weighted by atomic mass is 9.98. The van der Waals surface area contributed by atoms with E-state index < -0.39 is 0 Å². The van der Waals surface area contributed by atoms with Crippen LogP contribution in [-0.2, 0) is 9.59 Å². The zero-order valence-electron chi connectivity index (χ0n) is 26.1. The first-order chi connectivity index (χ1) is 21.9. The van der Waals surface area contributed by atoms with Crippen molar-refractivity contribution in [3.63, 3.8) is 0 Å². The van der Waals surface area contributed by atoms with E-state index >= 15 is 0 Å². The van der Waals surface area contributed by atoms with E-state index in [0.717, 1.165) is 40.9 Å². The summed E-state index contributed by atoms with van der Waals surface area (Å²) < 4.78 is 18.7. The van der Waals surface area contributed by atoms with Crippen LogP contribution in [0.3, 0.4) is 0 Å². The molecule has 0 N–H and O–H groups in total. The molecule has 234 valence electrons. The molecule has 3 heterocycles. The van der Waals surface area contributed by atoms with Gasteiger partial charge in [0.15, 0.2) is 0 Å². The minimum absolute atomic E-state index is 0.0626. The van der Waals surface area contributed by atoms with Crippen LogP contribution in [0.5, 0.6) is 17.2 Å². The Balaban J connectivity index is 1.59. The maximum atomic E-state index is 14.1. The molecule has 45 heavy (non-hydrogen) atoms. The maximum Gasteiger partial charge on any atom is 0.242 e. The number of piperidine rings is 1. The molecule has 2 amide bonds. The Morgan fingerprint density at radius 1 is 0.911 bits per heavy atom. The van der Waals surface area contributed by atoms with Gasteiger partial charge in [0.05, 0.1) is 43.7 Å². The molecule has 0 spiro atoms. The summed E-state index contributed by atoms with van der Waals surface area (Å²) in [5.74, 6) is 3.17. The van der Waals surface area contributed by atoms with Crippen molar-refractivity contribution < 1.29 is 23.8 Å². The Labute approximate surface area is 268 Å². The monoisotopic (exact) mass is 626 g/mol. The summed E-state index contributed by atoms with van der Waals surface area (Å²) in [5.41, 5.74) is 4.07. The van der Waals surface area contributed by atoms with Crippen LogP contribution in [0.4, 0.5) is 5.82 Å². The molecule has 9 nitrogen and oxygen atoms in total. The normalized spacial score (nSPS) is 17.1. The maximum absolute atomic E-state index is 14.1. The van der Waals surface area contributed by atoms with Crippen molar-refractivity contribution in [1.82, 2.24) is 14.7 Å². The van der Waals surface area contributed by atoms with Crippen LogP contribution in [0, 0.1) is 5.92 Å². The Hall–Kier alpha value is -4.44. The first-order valence-electron chi connectivity index (χ1n) is 15.2. The van der Waals surface area contributed by atoms with Gasteiger partial charge in [-0.2, -0.15) is 5.10 Å². The summed E-state index contributed by atoms with van der Waals surface area (Å²) in [6, 6.07) is 23.2. The van der Waals surface area contributed by atoms with Crippen molar-refractivity contribution in [3.8, 4) is 34.2 Å². The number of amides is 2. The van der Waals surface area contributed by atoms with Gasteiger partial charge in [-0.15, -0.1) is 11.8 Å². The predicted octanol–water partition coefficient (Wildman–Crippen LogP) is 5.99. The van der Waals surface area contributed by atoms with E-state index in [2.05, 4.69) is 6.92 Å². The van der Waals surface area contributed by atoms with Crippen LogP contribution in [0.1, 0.15) is 36.1 Å². The number of methoxy groups -OCH3 is 3. The summed E-state index contributed by atoms with van der Waals surface area (Å²) in [6.45, 7) is 3.54. The molecule has 0 radical (unpaired) electrons. The van der Waals surface area contributed by atoms with E-state index in [1.807, 2.05) is 77.7 Å². The van der Waals surface area contributed by atoms with Crippen molar-refractivity contribution in [2.75, 3.05) is 51.6 Å². The fourth-order valence-electron chi connectivity index (χ4n) is 6.01. The molecule has 0 saturated carbocycles. The van der Waals surface area contributed by atoms with Gasteiger partial charge in [-0.05, 0) is 61.2 Å². The number of hydrogen-bond acceptors (Lipinski definition) is 7. The highest BCUT2D eigenvalue weighted by molar-refractivity contribution is 8.00. The number of aromatic nitrogens is 2. The van der Waals surface area contributed by atoms with Crippen LogP contribution in [0.15, 0.2) is 72.8 Å². The number of anilines is 1. The second-order valence-electron chi connectivity index (χ2n) is 11.4. The lowest BCUT2D eigenvalue weighted by molar-refractivity contribution is -0.132. The first-order valence-corrected chi connectivity index (χ1v) is 16.2. The highest BCUT2D eigenvalue weighted by Crippen LogP contribution is 2.51. The molecule has 1 atom stereocenters. The second-order valence-corrected chi connectivity index (χ2v) is 12.5. The Kier molecular flexibility index (Phi) is 9.02. The highest BCUT2D eigenvalue weighted by Gasteiger charge is 2.39. The predicted molar refractivity (Wildman–Crippen MR) is 177 cm³/mol. The first kappa shape index (κ1) is 30.6. The second kappa shape index (κ2) is 13.3. The van der Waals surface area contributed by atoms with E-state index in [-0.39, 0.29) is 29.4 Å². The molecule has 2 aliphatic rings. The topological polar surface area (TPSA) is 86.1 Å². The largest absolute Gasteiger partial charge is 0.497 e. The van der Waals surface area contributed by atoms with Gasteiger partial charge in [-0.1, -0.05) is 37.3 Å². The fourth-order valence-corrected chi connectivity index (χ4v) is 7.23. The standard InChI is InChI=1S/C35H38N4O5S/c1-23-16-18-37(19-17-23)30(40)21-38-31(41)22-45-34(28-20-27(43-3)14-15-29(28)44-4)32-33(24-8-6-5-7-9-24)36-39(35(32)38)25-10-12-26(42-2)13-11-25/h5-15,20,23,34H,16-19,21-22H2,1-4H3. The number of nitrogens with zero attached hydrogens (tertiary/aromatic N) is 4. The quantitative estimate of drug-likeness (QED) is 0.237. The smallest absolute Gasteiger partial charge is 0.242 e. The lowest BCUT2D eigenvalue weighted by Gasteiger charge is -2.32. The Bertz CT molecular complexity index is 1670. The minimum atomic E-state index is -0.354. The van der Waals surface area contributed by atoms with Crippen LogP contribution in [0.2, 0.25) is 0 Å². The zero-order chi connectivity index (χ0) is 31.5. The summed E-state index contributed by atoms with van der Waals surface area (Å²) in [4.78, 5) is 31.5. The van der Waals surface area contributed by atoms with Crippen LogP contribution >= 0.6 is 11.8 Å². The number of thioether (sulfide) groups is 1. The number of ether oxygens (including phenoxy) is 3. The third-order valence-corrected chi connectivity index (χ3v) is 9.84. The molecule has 10 heteroatoms. The average molecular weight is 627 g/mol. The van der Waals surface area contributed by atoms with E-state index in [9.17, 15) is 9.59 Å². The molecule has 4 aromatic rings.